The smallest absolute Gasteiger partial charge is 0.276 e. The summed E-state index contributed by atoms with van der Waals surface area (Å²) in [6.45, 7) is 1.92. The van der Waals surface area contributed by atoms with Gasteiger partial charge in [0.2, 0.25) is 0 Å². The molecule has 0 aliphatic carbocycles. The van der Waals surface area contributed by atoms with Gasteiger partial charge in [-0.15, -0.1) is 0 Å². The summed E-state index contributed by atoms with van der Waals surface area (Å²) in [6, 6.07) is 13.6. The summed E-state index contributed by atoms with van der Waals surface area (Å²) in [5, 5.41) is 7.39. The Bertz CT molecular complexity index is 1440. The summed E-state index contributed by atoms with van der Waals surface area (Å²) >= 11 is 0. The Morgan fingerprint density at radius 2 is 1.88 bits per heavy atom. The molecule has 3 aromatic heterocycles. The maximum Gasteiger partial charge on any atom is 0.276 e. The van der Waals surface area contributed by atoms with Gasteiger partial charge in [-0.2, -0.15) is 5.10 Å². The molecule has 1 aliphatic rings. The number of amides is 1. The number of aromatic nitrogens is 4. The number of hydrogen-bond acceptors (Lipinski definition) is 7. The second kappa shape index (κ2) is 7.72. The van der Waals surface area contributed by atoms with Gasteiger partial charge in [-0.1, -0.05) is 18.2 Å². The highest BCUT2D eigenvalue weighted by molar-refractivity contribution is 7.90. The fourth-order valence-corrected chi connectivity index (χ4v) is 4.48. The number of pyridine rings is 1. The Morgan fingerprint density at radius 1 is 1.06 bits per heavy atom. The van der Waals surface area contributed by atoms with Gasteiger partial charge in [0.05, 0.1) is 16.8 Å². The number of fused-ring (bicyclic) bond motifs is 1. The van der Waals surface area contributed by atoms with E-state index in [2.05, 4.69) is 25.3 Å². The molecular formula is C22H20N6O3S. The van der Waals surface area contributed by atoms with Crippen molar-refractivity contribution < 1.29 is 13.2 Å². The Kier molecular flexibility index (Phi) is 4.86. The number of sulfone groups is 1. The number of rotatable bonds is 5. The Hall–Kier alpha value is -3.79. The summed E-state index contributed by atoms with van der Waals surface area (Å²) in [5.41, 5.74) is 2.23. The molecular weight excluding hydrogens is 428 g/mol. The highest BCUT2D eigenvalue weighted by Gasteiger charge is 2.19. The first-order chi connectivity index (χ1) is 15.4. The molecule has 1 aliphatic heterocycles. The summed E-state index contributed by atoms with van der Waals surface area (Å²) < 4.78 is 25.8. The van der Waals surface area contributed by atoms with Crippen LogP contribution >= 0.6 is 0 Å². The zero-order valence-corrected chi connectivity index (χ0v) is 18.1. The fraction of sp³-hybridized carbons (Fsp3) is 0.182. The minimum Gasteiger partial charge on any atom is -0.356 e. The minimum absolute atomic E-state index is 0.174. The van der Waals surface area contributed by atoms with Gasteiger partial charge in [-0.25, -0.2) is 22.9 Å². The maximum atomic E-state index is 13.0. The first-order valence-corrected chi connectivity index (χ1v) is 12.0. The topological polar surface area (TPSA) is 110 Å². The molecule has 0 radical (unpaired) electrons. The third-order valence-corrected chi connectivity index (χ3v) is 6.50. The van der Waals surface area contributed by atoms with Crippen LogP contribution in [0.1, 0.15) is 16.9 Å². The summed E-state index contributed by atoms with van der Waals surface area (Å²) in [5.74, 6) is 0.448. The lowest BCUT2D eigenvalue weighted by atomic mass is 10.1. The second-order valence-electron chi connectivity index (χ2n) is 7.60. The molecule has 32 heavy (non-hydrogen) atoms. The van der Waals surface area contributed by atoms with Crippen molar-refractivity contribution in [2.45, 2.75) is 11.3 Å². The van der Waals surface area contributed by atoms with Gasteiger partial charge in [-0.3, -0.25) is 4.79 Å². The van der Waals surface area contributed by atoms with Crippen molar-refractivity contribution in [3.05, 3.63) is 66.6 Å². The van der Waals surface area contributed by atoms with Crippen LogP contribution in [0.4, 0.5) is 11.5 Å². The van der Waals surface area contributed by atoms with Crippen molar-refractivity contribution in [2.75, 3.05) is 29.6 Å². The maximum absolute atomic E-state index is 13.0. The predicted molar refractivity (Wildman–Crippen MR) is 121 cm³/mol. The van der Waals surface area contributed by atoms with E-state index in [0.29, 0.717) is 22.6 Å². The molecule has 0 bridgehead atoms. The van der Waals surface area contributed by atoms with Crippen LogP contribution in [0.25, 0.3) is 16.9 Å². The van der Waals surface area contributed by atoms with Crippen molar-refractivity contribution in [3.8, 4) is 11.3 Å². The average Bonchev–Trinajstić information content (AvgIpc) is 3.15. The van der Waals surface area contributed by atoms with E-state index >= 15 is 0 Å². The number of nitrogens with one attached hydrogen (secondary N) is 1. The second-order valence-corrected chi connectivity index (χ2v) is 9.58. The molecule has 5 rings (SSSR count). The van der Waals surface area contributed by atoms with Gasteiger partial charge in [0.25, 0.3) is 5.91 Å². The normalized spacial score (nSPS) is 13.7. The lowest BCUT2D eigenvalue weighted by Gasteiger charge is -2.32. The highest BCUT2D eigenvalue weighted by atomic mass is 32.2. The summed E-state index contributed by atoms with van der Waals surface area (Å²) in [7, 11) is -3.45. The molecule has 1 aromatic carbocycles. The van der Waals surface area contributed by atoms with E-state index in [1.54, 1.807) is 42.6 Å². The lowest BCUT2D eigenvalue weighted by molar-refractivity contribution is 0.102. The molecule has 4 aromatic rings. The fourth-order valence-electron chi connectivity index (χ4n) is 3.58. The molecule has 162 valence electrons. The van der Waals surface area contributed by atoms with Gasteiger partial charge < -0.3 is 10.2 Å². The molecule has 0 atom stereocenters. The summed E-state index contributed by atoms with van der Waals surface area (Å²) in [4.78, 5) is 23.9. The van der Waals surface area contributed by atoms with Crippen LogP contribution in [0.5, 0.6) is 0 Å². The predicted octanol–water partition coefficient (Wildman–Crippen LogP) is 2.66. The Morgan fingerprint density at radius 3 is 2.62 bits per heavy atom. The van der Waals surface area contributed by atoms with Crippen LogP contribution in [0.15, 0.2) is 65.8 Å². The van der Waals surface area contributed by atoms with E-state index in [9.17, 15) is 13.2 Å². The van der Waals surface area contributed by atoms with Gasteiger partial charge >= 0.3 is 0 Å². The van der Waals surface area contributed by atoms with E-state index in [1.165, 1.54) is 16.8 Å². The van der Waals surface area contributed by atoms with Crippen LogP contribution in [0, 0.1) is 0 Å². The van der Waals surface area contributed by atoms with Crippen molar-refractivity contribution in [3.63, 3.8) is 0 Å². The molecule has 0 spiro atoms. The number of nitrogens with zero attached hydrogens (tertiary/aromatic N) is 5. The van der Waals surface area contributed by atoms with E-state index in [0.717, 1.165) is 31.6 Å². The molecule has 10 heteroatoms. The minimum atomic E-state index is -3.45. The average molecular weight is 449 g/mol. The molecule has 1 saturated heterocycles. The van der Waals surface area contributed by atoms with Crippen molar-refractivity contribution in [2.24, 2.45) is 0 Å². The summed E-state index contributed by atoms with van der Waals surface area (Å²) in [6.07, 6.45) is 5.40. The van der Waals surface area contributed by atoms with Crippen LogP contribution in [0.3, 0.4) is 0 Å². The number of carbonyl (C=O) groups excluding carboxylic acids is 1. The van der Waals surface area contributed by atoms with Gasteiger partial charge in [0, 0.05) is 42.9 Å². The van der Waals surface area contributed by atoms with Crippen molar-refractivity contribution >= 4 is 32.9 Å². The zero-order chi connectivity index (χ0) is 22.3. The number of anilines is 2. The SMILES string of the molecule is CS(=O)(=O)c1ccccc1-c1ccc2ncc(C(=O)Nc3ccnc(N4CCC4)c3)n2n1. The highest BCUT2D eigenvalue weighted by Crippen LogP contribution is 2.26. The number of imidazole rings is 1. The molecule has 0 saturated carbocycles. The number of hydrogen-bond donors (Lipinski definition) is 1. The monoisotopic (exact) mass is 448 g/mol. The lowest BCUT2D eigenvalue weighted by Crippen LogP contribution is -2.37. The Balaban J connectivity index is 1.49. The van der Waals surface area contributed by atoms with E-state index in [-0.39, 0.29) is 16.5 Å². The van der Waals surface area contributed by atoms with Gasteiger partial charge in [0.15, 0.2) is 21.2 Å². The molecule has 1 amide bonds. The van der Waals surface area contributed by atoms with Crippen LogP contribution < -0.4 is 10.2 Å². The molecule has 0 unspecified atom stereocenters. The number of carbonyl (C=O) groups is 1. The molecule has 1 N–H and O–H groups in total. The van der Waals surface area contributed by atoms with Crippen LogP contribution in [0.2, 0.25) is 0 Å². The molecule has 9 nitrogen and oxygen atoms in total. The number of benzene rings is 1. The van der Waals surface area contributed by atoms with Crippen molar-refractivity contribution in [1.29, 1.82) is 0 Å². The standard InChI is InChI=1S/C22H20N6O3S/c1-32(30,31)19-6-3-2-5-16(19)17-7-8-20-24-14-18(28(20)26-17)22(29)25-15-9-10-23-21(13-15)27-11-4-12-27/h2-3,5-10,13-14H,4,11-12H2,1H3,(H,23,25,29). The largest absolute Gasteiger partial charge is 0.356 e. The zero-order valence-electron chi connectivity index (χ0n) is 17.3. The van der Waals surface area contributed by atoms with E-state index in [4.69, 9.17) is 0 Å². The van der Waals surface area contributed by atoms with Crippen molar-refractivity contribution in [1.82, 2.24) is 19.6 Å². The van der Waals surface area contributed by atoms with Gasteiger partial charge in [-0.05, 0) is 30.7 Å². The first kappa shape index (κ1) is 20.1. The molecule has 4 heterocycles. The third-order valence-electron chi connectivity index (χ3n) is 5.34. The van der Waals surface area contributed by atoms with E-state index < -0.39 is 9.84 Å². The quantitative estimate of drug-likeness (QED) is 0.500. The first-order valence-electron chi connectivity index (χ1n) is 10.1. The Labute approximate surface area is 184 Å². The van der Waals surface area contributed by atoms with E-state index in [1.807, 2.05) is 6.07 Å². The molecule has 1 fully saturated rings. The third kappa shape index (κ3) is 3.69. The van der Waals surface area contributed by atoms with Crippen LogP contribution in [-0.4, -0.2) is 53.3 Å². The van der Waals surface area contributed by atoms with Gasteiger partial charge in [0.1, 0.15) is 5.82 Å². The van der Waals surface area contributed by atoms with Crippen LogP contribution in [-0.2, 0) is 9.84 Å².